The van der Waals surface area contributed by atoms with Gasteiger partial charge in [0.1, 0.15) is 6.04 Å². The van der Waals surface area contributed by atoms with Gasteiger partial charge in [0, 0.05) is 23.4 Å². The molecule has 0 aromatic heterocycles. The molecule has 0 fully saturated rings. The highest BCUT2D eigenvalue weighted by atomic mass is 16.5. The van der Waals surface area contributed by atoms with Crippen LogP contribution in [0.25, 0.3) is 0 Å². The van der Waals surface area contributed by atoms with Crippen LogP contribution in [0.3, 0.4) is 0 Å². The number of ether oxygens (including phenoxy) is 1. The maximum atomic E-state index is 12.2. The third kappa shape index (κ3) is 5.65. The molecule has 0 saturated heterocycles. The molecular weight excluding hydrogens is 346 g/mol. The number of hydrogen-bond donors (Lipinski definition) is 3. The maximum Gasteiger partial charge on any atom is 0.328 e. The Kier molecular flexibility index (Phi) is 7.08. The third-order valence-corrected chi connectivity index (χ3v) is 3.84. The fourth-order valence-corrected chi connectivity index (χ4v) is 2.31. The number of anilines is 1. The Bertz CT molecular complexity index is 801. The van der Waals surface area contributed by atoms with E-state index in [4.69, 9.17) is 10.5 Å². The van der Waals surface area contributed by atoms with Crippen molar-refractivity contribution in [3.63, 3.8) is 0 Å². The number of carbonyl (C=O) groups is 3. The number of nitrogens with two attached hydrogens (primary N) is 1. The van der Waals surface area contributed by atoms with Crippen LogP contribution in [0, 0.1) is 0 Å². The number of amides is 2. The molecule has 2 aromatic carbocycles. The second-order valence-electron chi connectivity index (χ2n) is 5.88. The van der Waals surface area contributed by atoms with Gasteiger partial charge in [-0.3, -0.25) is 9.59 Å². The molecule has 0 saturated carbocycles. The molecule has 27 heavy (non-hydrogen) atoms. The van der Waals surface area contributed by atoms with Gasteiger partial charge in [-0.2, -0.15) is 0 Å². The molecule has 0 spiro atoms. The van der Waals surface area contributed by atoms with Gasteiger partial charge in [-0.1, -0.05) is 12.1 Å². The lowest BCUT2D eigenvalue weighted by molar-refractivity contribution is -0.144. The molecule has 2 amide bonds. The molecule has 1 unspecified atom stereocenters. The van der Waals surface area contributed by atoms with Crippen LogP contribution >= 0.6 is 0 Å². The van der Waals surface area contributed by atoms with Crippen LogP contribution in [0.15, 0.2) is 48.5 Å². The van der Waals surface area contributed by atoms with E-state index in [2.05, 4.69) is 10.6 Å². The van der Waals surface area contributed by atoms with Gasteiger partial charge in [0.05, 0.1) is 6.61 Å². The van der Waals surface area contributed by atoms with Crippen molar-refractivity contribution in [2.75, 3.05) is 11.9 Å². The van der Waals surface area contributed by atoms with Gasteiger partial charge in [0.2, 0.25) is 0 Å². The highest BCUT2D eigenvalue weighted by Gasteiger charge is 2.17. The zero-order valence-corrected chi connectivity index (χ0v) is 15.3. The summed E-state index contributed by atoms with van der Waals surface area (Å²) in [5, 5.41) is 5.33. The van der Waals surface area contributed by atoms with Crippen molar-refractivity contribution in [2.45, 2.75) is 26.4 Å². The van der Waals surface area contributed by atoms with Gasteiger partial charge < -0.3 is 21.1 Å². The van der Waals surface area contributed by atoms with Crippen LogP contribution in [0.4, 0.5) is 5.69 Å². The summed E-state index contributed by atoms with van der Waals surface area (Å²) in [5.41, 5.74) is 7.92. The number of rotatable bonds is 7. The van der Waals surface area contributed by atoms with E-state index in [-0.39, 0.29) is 12.5 Å². The lowest BCUT2D eigenvalue weighted by Crippen LogP contribution is -2.39. The summed E-state index contributed by atoms with van der Waals surface area (Å²) in [6, 6.07) is 12.6. The molecule has 4 N–H and O–H groups in total. The number of nitrogens with one attached hydrogen (secondary N) is 2. The summed E-state index contributed by atoms with van der Waals surface area (Å²) in [6.45, 7) is 3.93. The van der Waals surface area contributed by atoms with E-state index in [1.807, 2.05) is 0 Å². The Morgan fingerprint density at radius 3 is 2.07 bits per heavy atom. The number of carbonyl (C=O) groups excluding carboxylic acids is 3. The van der Waals surface area contributed by atoms with Crippen molar-refractivity contribution in [1.29, 1.82) is 0 Å². The normalized spacial score (nSPS) is 11.4. The van der Waals surface area contributed by atoms with Crippen LogP contribution in [0.1, 0.15) is 40.1 Å². The Balaban J connectivity index is 1.96. The topological polar surface area (TPSA) is 111 Å². The van der Waals surface area contributed by atoms with Gasteiger partial charge >= 0.3 is 5.97 Å². The molecule has 0 aliphatic carbocycles. The van der Waals surface area contributed by atoms with Crippen molar-refractivity contribution in [2.24, 2.45) is 5.73 Å². The molecule has 2 aromatic rings. The molecule has 0 aliphatic heterocycles. The first-order chi connectivity index (χ1) is 12.9. The minimum Gasteiger partial charge on any atom is -0.464 e. The predicted octanol–water partition coefficient (Wildman–Crippen LogP) is 2.08. The average molecular weight is 369 g/mol. The van der Waals surface area contributed by atoms with Crippen LogP contribution in [0.5, 0.6) is 0 Å². The van der Waals surface area contributed by atoms with Gasteiger partial charge in [-0.15, -0.1) is 0 Å². The molecule has 1 atom stereocenters. The Morgan fingerprint density at radius 1 is 0.963 bits per heavy atom. The summed E-state index contributed by atoms with van der Waals surface area (Å²) in [5.74, 6) is -1.15. The molecule has 0 radical (unpaired) electrons. The molecule has 0 aliphatic rings. The van der Waals surface area contributed by atoms with Gasteiger partial charge in [0.25, 0.3) is 11.8 Å². The lowest BCUT2D eigenvalue weighted by Gasteiger charge is -2.13. The molecule has 0 bridgehead atoms. The van der Waals surface area contributed by atoms with Crippen LogP contribution < -0.4 is 16.4 Å². The van der Waals surface area contributed by atoms with E-state index < -0.39 is 17.9 Å². The Morgan fingerprint density at radius 2 is 1.52 bits per heavy atom. The molecule has 7 heteroatoms. The quantitative estimate of drug-likeness (QED) is 0.647. The summed E-state index contributed by atoms with van der Waals surface area (Å²) >= 11 is 0. The Hall–Kier alpha value is -3.19. The number of esters is 1. The fourth-order valence-electron chi connectivity index (χ4n) is 2.31. The van der Waals surface area contributed by atoms with E-state index in [1.165, 1.54) is 0 Å². The average Bonchev–Trinajstić information content (AvgIpc) is 2.68. The highest BCUT2D eigenvalue weighted by Crippen LogP contribution is 2.12. The van der Waals surface area contributed by atoms with Crippen LogP contribution in [-0.2, 0) is 16.1 Å². The first-order valence-corrected chi connectivity index (χ1v) is 8.62. The Labute approximate surface area is 157 Å². The zero-order chi connectivity index (χ0) is 19.8. The molecule has 2 rings (SSSR count). The summed E-state index contributed by atoms with van der Waals surface area (Å²) in [4.78, 5) is 36.0. The van der Waals surface area contributed by atoms with Gasteiger partial charge in [0.15, 0.2) is 0 Å². The highest BCUT2D eigenvalue weighted by molar-refractivity contribution is 6.04. The van der Waals surface area contributed by atoms with Crippen molar-refractivity contribution in [3.05, 3.63) is 65.2 Å². The standard InChI is InChI=1S/C20H23N3O4/c1-3-27-20(26)13(2)22-18(24)16-8-10-17(11-9-16)23-19(25)15-6-4-14(12-21)5-7-15/h4-11,13H,3,12,21H2,1-2H3,(H,22,24)(H,23,25). The third-order valence-electron chi connectivity index (χ3n) is 3.84. The smallest absolute Gasteiger partial charge is 0.328 e. The van der Waals surface area contributed by atoms with Crippen molar-refractivity contribution < 1.29 is 19.1 Å². The van der Waals surface area contributed by atoms with E-state index in [9.17, 15) is 14.4 Å². The molecule has 7 nitrogen and oxygen atoms in total. The first kappa shape index (κ1) is 20.1. The summed E-state index contributed by atoms with van der Waals surface area (Å²) in [7, 11) is 0. The van der Waals surface area contributed by atoms with E-state index in [1.54, 1.807) is 62.4 Å². The summed E-state index contributed by atoms with van der Waals surface area (Å²) in [6.07, 6.45) is 0. The van der Waals surface area contributed by atoms with Crippen molar-refractivity contribution in [1.82, 2.24) is 5.32 Å². The van der Waals surface area contributed by atoms with E-state index in [0.717, 1.165) is 5.56 Å². The number of benzene rings is 2. The van der Waals surface area contributed by atoms with Crippen LogP contribution in [-0.4, -0.2) is 30.4 Å². The summed E-state index contributed by atoms with van der Waals surface area (Å²) < 4.78 is 4.85. The molecular formula is C20H23N3O4. The molecule has 142 valence electrons. The monoisotopic (exact) mass is 369 g/mol. The van der Waals surface area contributed by atoms with Gasteiger partial charge in [-0.05, 0) is 55.8 Å². The van der Waals surface area contributed by atoms with E-state index in [0.29, 0.717) is 23.4 Å². The second kappa shape index (κ2) is 9.49. The maximum absolute atomic E-state index is 12.2. The fraction of sp³-hybridized carbons (Fsp3) is 0.250. The zero-order valence-electron chi connectivity index (χ0n) is 15.3. The van der Waals surface area contributed by atoms with Crippen LogP contribution in [0.2, 0.25) is 0 Å². The lowest BCUT2D eigenvalue weighted by atomic mass is 10.1. The number of hydrogen-bond acceptors (Lipinski definition) is 5. The second-order valence-corrected chi connectivity index (χ2v) is 5.88. The largest absolute Gasteiger partial charge is 0.464 e. The predicted molar refractivity (Wildman–Crippen MR) is 102 cm³/mol. The molecule has 0 heterocycles. The van der Waals surface area contributed by atoms with Gasteiger partial charge in [-0.25, -0.2) is 4.79 Å². The minimum absolute atomic E-state index is 0.252. The minimum atomic E-state index is -0.742. The SMILES string of the molecule is CCOC(=O)C(C)NC(=O)c1ccc(NC(=O)c2ccc(CN)cc2)cc1. The van der Waals surface area contributed by atoms with Crippen molar-refractivity contribution in [3.8, 4) is 0 Å². The van der Waals surface area contributed by atoms with Crippen molar-refractivity contribution >= 4 is 23.5 Å². The first-order valence-electron chi connectivity index (χ1n) is 8.62. The van der Waals surface area contributed by atoms with E-state index >= 15 is 0 Å².